The fourth-order valence-electron chi connectivity index (χ4n) is 2.41. The molecule has 0 saturated carbocycles. The summed E-state index contributed by atoms with van der Waals surface area (Å²) in [4.78, 5) is 2.50. The van der Waals surface area contributed by atoms with E-state index in [0.717, 1.165) is 18.7 Å². The lowest BCUT2D eigenvalue weighted by Crippen LogP contribution is -2.50. The first-order valence-electron chi connectivity index (χ1n) is 5.59. The van der Waals surface area contributed by atoms with E-state index in [1.807, 2.05) is 6.07 Å². The molecule has 2 aliphatic rings. The van der Waals surface area contributed by atoms with Crippen LogP contribution in [0.3, 0.4) is 0 Å². The molecule has 0 bridgehead atoms. The molecule has 1 saturated heterocycles. The van der Waals surface area contributed by atoms with E-state index in [0.29, 0.717) is 6.04 Å². The largest absolute Gasteiger partial charge is 0.383 e. The Morgan fingerprint density at radius 3 is 2.93 bits per heavy atom. The molecular weight excluding hydrogens is 191 g/mol. The van der Waals surface area contributed by atoms with Gasteiger partial charge in [0.25, 0.3) is 0 Å². The maximum atomic E-state index is 13.0. The first-order valence-corrected chi connectivity index (χ1v) is 5.59. The van der Waals surface area contributed by atoms with Crippen molar-refractivity contribution in [2.24, 2.45) is 0 Å². The summed E-state index contributed by atoms with van der Waals surface area (Å²) in [5, 5.41) is 3.32. The average Bonchev–Trinajstić information content (AvgIpc) is 2.15. The Kier molecular flexibility index (Phi) is 2.13. The lowest BCUT2D eigenvalue weighted by Gasteiger charge is -2.41. The Morgan fingerprint density at radius 1 is 1.33 bits per heavy atom. The zero-order chi connectivity index (χ0) is 10.3. The Morgan fingerprint density at radius 2 is 2.20 bits per heavy atom. The van der Waals surface area contributed by atoms with Crippen LogP contribution in [0, 0.1) is 5.82 Å². The lowest BCUT2D eigenvalue weighted by molar-refractivity contribution is 0.122. The molecule has 15 heavy (non-hydrogen) atoms. The van der Waals surface area contributed by atoms with Crippen LogP contribution in [0.15, 0.2) is 18.2 Å². The van der Waals surface area contributed by atoms with Crippen LogP contribution in [-0.4, -0.2) is 30.6 Å². The third-order valence-electron chi connectivity index (χ3n) is 3.46. The Balaban J connectivity index is 1.80. The summed E-state index contributed by atoms with van der Waals surface area (Å²) in [6.07, 6.45) is 2.38. The molecule has 2 nitrogen and oxygen atoms in total. The molecule has 0 amide bonds. The molecule has 1 aromatic carbocycles. The van der Waals surface area contributed by atoms with Crippen molar-refractivity contribution < 1.29 is 4.39 Å². The molecule has 2 heterocycles. The van der Waals surface area contributed by atoms with Gasteiger partial charge in [0.1, 0.15) is 5.82 Å². The highest BCUT2D eigenvalue weighted by atomic mass is 19.1. The maximum Gasteiger partial charge on any atom is 0.125 e. The predicted octanol–water partition coefficient (Wildman–Crippen LogP) is 1.87. The summed E-state index contributed by atoms with van der Waals surface area (Å²) in [7, 11) is 0. The Bertz CT molecular complexity index is 374. The summed E-state index contributed by atoms with van der Waals surface area (Å²) < 4.78 is 13.0. The van der Waals surface area contributed by atoms with Gasteiger partial charge in [0.05, 0.1) is 0 Å². The van der Waals surface area contributed by atoms with Gasteiger partial charge in [0.2, 0.25) is 0 Å². The quantitative estimate of drug-likeness (QED) is 0.754. The number of likely N-dealkylation sites (tertiary alicyclic amines) is 1. The van der Waals surface area contributed by atoms with Gasteiger partial charge < -0.3 is 5.32 Å². The van der Waals surface area contributed by atoms with Crippen molar-refractivity contribution in [2.75, 3.05) is 25.0 Å². The van der Waals surface area contributed by atoms with Gasteiger partial charge in [-0.05, 0) is 43.6 Å². The minimum Gasteiger partial charge on any atom is -0.383 e. The van der Waals surface area contributed by atoms with E-state index in [9.17, 15) is 4.39 Å². The highest BCUT2D eigenvalue weighted by molar-refractivity contribution is 5.54. The average molecular weight is 206 g/mol. The first kappa shape index (κ1) is 9.16. The number of fused-ring (bicyclic) bond motifs is 1. The van der Waals surface area contributed by atoms with Crippen molar-refractivity contribution in [3.8, 4) is 0 Å². The molecular formula is C12H15FN2. The lowest BCUT2D eigenvalue weighted by atomic mass is 9.96. The van der Waals surface area contributed by atoms with Crippen LogP contribution < -0.4 is 5.32 Å². The Hall–Kier alpha value is -1.09. The highest BCUT2D eigenvalue weighted by Crippen LogP contribution is 2.26. The molecule has 0 aromatic heterocycles. The third kappa shape index (κ3) is 1.61. The van der Waals surface area contributed by atoms with E-state index in [1.54, 1.807) is 12.1 Å². The minimum absolute atomic E-state index is 0.149. The van der Waals surface area contributed by atoms with Gasteiger partial charge in [-0.3, -0.25) is 4.90 Å². The second-order valence-corrected chi connectivity index (χ2v) is 4.43. The monoisotopic (exact) mass is 206 g/mol. The van der Waals surface area contributed by atoms with Gasteiger partial charge in [-0.15, -0.1) is 0 Å². The molecule has 1 atom stereocenters. The number of benzene rings is 1. The van der Waals surface area contributed by atoms with E-state index < -0.39 is 0 Å². The second-order valence-electron chi connectivity index (χ2n) is 4.43. The molecule has 0 aliphatic carbocycles. The van der Waals surface area contributed by atoms with Gasteiger partial charge in [-0.25, -0.2) is 4.39 Å². The van der Waals surface area contributed by atoms with Gasteiger partial charge in [0, 0.05) is 18.3 Å². The molecule has 1 N–H and O–H groups in total. The van der Waals surface area contributed by atoms with Gasteiger partial charge >= 0.3 is 0 Å². The molecule has 3 heteroatoms. The Labute approximate surface area is 89.1 Å². The standard InChI is InChI=1S/C12H15FN2/c13-10-3-2-9-6-11(15-4-1-5-15)8-14-12(9)7-10/h2-3,7,11,14H,1,4-6,8H2. The van der Waals surface area contributed by atoms with Crippen LogP contribution in [0.4, 0.5) is 10.1 Å². The number of halogens is 1. The maximum absolute atomic E-state index is 13.0. The molecule has 3 rings (SSSR count). The number of hydrogen-bond acceptors (Lipinski definition) is 2. The zero-order valence-electron chi connectivity index (χ0n) is 8.67. The number of nitrogens with one attached hydrogen (secondary N) is 1. The molecule has 1 fully saturated rings. The fourth-order valence-corrected chi connectivity index (χ4v) is 2.41. The smallest absolute Gasteiger partial charge is 0.125 e. The molecule has 0 spiro atoms. The molecule has 1 aromatic rings. The number of nitrogens with zero attached hydrogens (tertiary/aromatic N) is 1. The van der Waals surface area contributed by atoms with E-state index in [-0.39, 0.29) is 5.82 Å². The van der Waals surface area contributed by atoms with Crippen LogP contribution in [0.25, 0.3) is 0 Å². The van der Waals surface area contributed by atoms with Crippen molar-refractivity contribution >= 4 is 5.69 Å². The summed E-state index contributed by atoms with van der Waals surface area (Å²) in [5.74, 6) is -0.149. The molecule has 0 radical (unpaired) electrons. The van der Waals surface area contributed by atoms with Crippen LogP contribution in [-0.2, 0) is 6.42 Å². The summed E-state index contributed by atoms with van der Waals surface area (Å²) >= 11 is 0. The number of anilines is 1. The molecule has 1 unspecified atom stereocenters. The van der Waals surface area contributed by atoms with Crippen LogP contribution in [0.1, 0.15) is 12.0 Å². The highest BCUT2D eigenvalue weighted by Gasteiger charge is 2.27. The van der Waals surface area contributed by atoms with Gasteiger partial charge in [0.15, 0.2) is 0 Å². The SMILES string of the molecule is Fc1ccc2c(c1)NCC(N1CCC1)C2. The van der Waals surface area contributed by atoms with Gasteiger partial charge in [-0.1, -0.05) is 6.07 Å². The fraction of sp³-hybridized carbons (Fsp3) is 0.500. The topological polar surface area (TPSA) is 15.3 Å². The minimum atomic E-state index is -0.149. The summed E-state index contributed by atoms with van der Waals surface area (Å²) in [5.41, 5.74) is 2.23. The van der Waals surface area contributed by atoms with Crippen molar-refractivity contribution in [3.63, 3.8) is 0 Å². The molecule has 2 aliphatic heterocycles. The predicted molar refractivity (Wildman–Crippen MR) is 58.6 cm³/mol. The van der Waals surface area contributed by atoms with Crippen LogP contribution >= 0.6 is 0 Å². The van der Waals surface area contributed by atoms with E-state index in [4.69, 9.17) is 0 Å². The van der Waals surface area contributed by atoms with Crippen molar-refractivity contribution in [1.82, 2.24) is 4.90 Å². The van der Waals surface area contributed by atoms with E-state index in [2.05, 4.69) is 10.2 Å². The van der Waals surface area contributed by atoms with E-state index >= 15 is 0 Å². The second kappa shape index (κ2) is 3.49. The van der Waals surface area contributed by atoms with Gasteiger partial charge in [-0.2, -0.15) is 0 Å². The summed E-state index contributed by atoms with van der Waals surface area (Å²) in [6.45, 7) is 3.40. The van der Waals surface area contributed by atoms with Crippen molar-refractivity contribution in [3.05, 3.63) is 29.6 Å². The van der Waals surface area contributed by atoms with Crippen LogP contribution in [0.5, 0.6) is 0 Å². The molecule has 80 valence electrons. The normalized spacial score (nSPS) is 25.3. The van der Waals surface area contributed by atoms with Crippen molar-refractivity contribution in [1.29, 1.82) is 0 Å². The number of hydrogen-bond donors (Lipinski definition) is 1. The van der Waals surface area contributed by atoms with E-state index in [1.165, 1.54) is 25.1 Å². The summed E-state index contributed by atoms with van der Waals surface area (Å²) in [6, 6.07) is 5.67. The van der Waals surface area contributed by atoms with Crippen molar-refractivity contribution in [2.45, 2.75) is 18.9 Å². The third-order valence-corrected chi connectivity index (χ3v) is 3.46. The number of rotatable bonds is 1. The zero-order valence-corrected chi connectivity index (χ0v) is 8.67. The first-order chi connectivity index (χ1) is 7.33. The van der Waals surface area contributed by atoms with Crippen LogP contribution in [0.2, 0.25) is 0 Å².